The van der Waals surface area contributed by atoms with E-state index < -0.39 is 66.2 Å². The summed E-state index contributed by atoms with van der Waals surface area (Å²) in [6, 6.07) is 1.52. The van der Waals surface area contributed by atoms with Crippen LogP contribution in [0.4, 0.5) is 0 Å². The van der Waals surface area contributed by atoms with Gasteiger partial charge in [-0.1, -0.05) is 6.07 Å². The Morgan fingerprint density at radius 3 is 2.44 bits per heavy atom. The van der Waals surface area contributed by atoms with Crippen LogP contribution >= 0.6 is 0 Å². The molecular formula is C25H32N6O12. The van der Waals surface area contributed by atoms with E-state index in [1.807, 2.05) is 5.32 Å². The predicted octanol–water partition coefficient (Wildman–Crippen LogP) is -2.58. The number of hydrogen-bond acceptors (Lipinski definition) is 10. The Balaban J connectivity index is 2.01. The molecule has 43 heavy (non-hydrogen) atoms. The summed E-state index contributed by atoms with van der Waals surface area (Å²) < 4.78 is 5.43. The van der Waals surface area contributed by atoms with Crippen LogP contribution in [0.3, 0.4) is 0 Å². The van der Waals surface area contributed by atoms with Gasteiger partial charge in [0, 0.05) is 13.0 Å². The van der Waals surface area contributed by atoms with Crippen LogP contribution in [0, 0.1) is 0 Å². The number of piperazine rings is 1. The van der Waals surface area contributed by atoms with E-state index in [1.54, 1.807) is 0 Å². The number of rotatable bonds is 16. The molecule has 1 aliphatic rings. The fourth-order valence-corrected chi connectivity index (χ4v) is 3.81. The summed E-state index contributed by atoms with van der Waals surface area (Å²) in [5, 5.41) is 54.5. The van der Waals surface area contributed by atoms with Gasteiger partial charge in [0.2, 0.25) is 11.8 Å². The van der Waals surface area contributed by atoms with E-state index in [0.717, 1.165) is 0 Å². The smallest absolute Gasteiger partial charge is 0.336 e. The molecule has 0 unspecified atom stereocenters. The molecule has 234 valence electrons. The van der Waals surface area contributed by atoms with Crippen LogP contribution in [0.25, 0.3) is 6.08 Å². The van der Waals surface area contributed by atoms with E-state index in [0.29, 0.717) is 18.4 Å². The molecule has 0 aliphatic carbocycles. The van der Waals surface area contributed by atoms with Gasteiger partial charge in [0.05, 0.1) is 19.4 Å². The SMILES string of the molecule is NC(N)=NCCC[C@@H]1NC(=O)/C(=C\c2ccc(O)c(OCC[C@H](NC(=O)C[C@](O)(CC(=O)O)C(=O)O)C(=O)O)c2)NC1=O. The summed E-state index contributed by atoms with van der Waals surface area (Å²) in [7, 11) is 0. The number of carboxylic acid groups (broad SMARTS) is 3. The molecule has 0 bridgehead atoms. The van der Waals surface area contributed by atoms with Gasteiger partial charge in [-0.15, -0.1) is 0 Å². The van der Waals surface area contributed by atoms with Crippen molar-refractivity contribution < 1.29 is 59.0 Å². The molecule has 0 radical (unpaired) electrons. The lowest BCUT2D eigenvalue weighted by Crippen LogP contribution is -2.54. The Hall–Kier alpha value is -5.39. The quantitative estimate of drug-likeness (QED) is 0.0399. The largest absolute Gasteiger partial charge is 0.504 e. The Morgan fingerprint density at radius 1 is 1.14 bits per heavy atom. The number of nitrogens with one attached hydrogen (secondary N) is 3. The van der Waals surface area contributed by atoms with E-state index in [9.17, 15) is 44.1 Å². The zero-order valence-corrected chi connectivity index (χ0v) is 22.6. The molecule has 18 nitrogen and oxygen atoms in total. The van der Waals surface area contributed by atoms with Crippen molar-refractivity contribution in [1.82, 2.24) is 16.0 Å². The lowest BCUT2D eigenvalue weighted by molar-refractivity contribution is -0.167. The molecule has 1 saturated heterocycles. The molecule has 12 N–H and O–H groups in total. The highest BCUT2D eigenvalue weighted by molar-refractivity contribution is 6.07. The molecule has 1 heterocycles. The van der Waals surface area contributed by atoms with Crippen molar-refractivity contribution in [3.8, 4) is 11.5 Å². The van der Waals surface area contributed by atoms with Crippen molar-refractivity contribution >= 4 is 47.7 Å². The maximum Gasteiger partial charge on any atom is 0.336 e. The van der Waals surface area contributed by atoms with Crippen LogP contribution in [-0.4, -0.2) is 98.0 Å². The minimum Gasteiger partial charge on any atom is -0.504 e. The fourth-order valence-electron chi connectivity index (χ4n) is 3.81. The Bertz CT molecular complexity index is 1330. The average molecular weight is 609 g/mol. The Kier molecular flexibility index (Phi) is 11.8. The number of carboxylic acids is 3. The third-order valence-corrected chi connectivity index (χ3v) is 5.96. The first-order chi connectivity index (χ1) is 20.1. The maximum absolute atomic E-state index is 12.5. The van der Waals surface area contributed by atoms with E-state index in [4.69, 9.17) is 26.4 Å². The van der Waals surface area contributed by atoms with Gasteiger partial charge >= 0.3 is 17.9 Å². The van der Waals surface area contributed by atoms with Crippen molar-refractivity contribution in [2.45, 2.75) is 49.8 Å². The monoisotopic (exact) mass is 608 g/mol. The molecule has 1 aliphatic heterocycles. The average Bonchev–Trinajstić information content (AvgIpc) is 2.89. The number of aliphatic hydroxyl groups is 1. The minimum absolute atomic E-state index is 0.0833. The number of phenols is 1. The van der Waals surface area contributed by atoms with Crippen molar-refractivity contribution in [1.29, 1.82) is 0 Å². The first-order valence-corrected chi connectivity index (χ1v) is 12.7. The lowest BCUT2D eigenvalue weighted by Gasteiger charge is -2.25. The van der Waals surface area contributed by atoms with Crippen LogP contribution in [0.1, 0.15) is 37.7 Å². The van der Waals surface area contributed by atoms with Gasteiger partial charge in [0.1, 0.15) is 17.8 Å². The zero-order valence-electron chi connectivity index (χ0n) is 22.6. The number of phenolic OH excluding ortho intramolecular Hbond substituents is 1. The molecule has 0 spiro atoms. The van der Waals surface area contributed by atoms with Gasteiger partial charge in [-0.3, -0.25) is 24.2 Å². The van der Waals surface area contributed by atoms with Crippen molar-refractivity contribution in [2.75, 3.05) is 13.2 Å². The topological polar surface area (TPSA) is 313 Å². The van der Waals surface area contributed by atoms with Crippen LogP contribution in [-0.2, 0) is 28.8 Å². The molecule has 0 aromatic heterocycles. The van der Waals surface area contributed by atoms with Crippen molar-refractivity contribution in [2.24, 2.45) is 16.5 Å². The number of ether oxygens (including phenoxy) is 1. The third kappa shape index (κ3) is 10.5. The highest BCUT2D eigenvalue weighted by Crippen LogP contribution is 2.28. The number of aliphatic imine (C=N–C) groups is 1. The Labute approximate surface area is 243 Å². The standard InChI is InChI=1S/C25H32N6O12/c26-24(27)28-6-1-2-13-20(36)31-15(21(37)30-13)8-12-3-4-16(32)17(9-12)43-7-5-14(22(38)39)29-18(33)10-25(42,23(40)41)11-19(34)35/h3-4,8-9,13-14,32,42H,1-2,5-7,10-11H2,(H,29,33)(H,30,37)(H,31,36)(H,34,35)(H,38,39)(H,40,41)(H4,26,27,28)/b15-8+/t13-,14-,25-/m0/s1. The second-order valence-electron chi connectivity index (χ2n) is 9.43. The van der Waals surface area contributed by atoms with Gasteiger partial charge in [0.15, 0.2) is 23.1 Å². The van der Waals surface area contributed by atoms with E-state index >= 15 is 0 Å². The number of hydrogen-bond donors (Lipinski definition) is 10. The Morgan fingerprint density at radius 2 is 1.84 bits per heavy atom. The second kappa shape index (κ2) is 15.0. The normalized spacial score (nSPS) is 17.5. The first-order valence-electron chi connectivity index (χ1n) is 12.7. The summed E-state index contributed by atoms with van der Waals surface area (Å²) in [6.07, 6.45) is -0.862. The van der Waals surface area contributed by atoms with Crippen molar-refractivity contribution in [3.05, 3.63) is 29.5 Å². The summed E-state index contributed by atoms with van der Waals surface area (Å²) in [6.45, 7) is -0.108. The van der Waals surface area contributed by atoms with Gasteiger partial charge in [0.25, 0.3) is 5.91 Å². The molecule has 1 aromatic carbocycles. The molecule has 1 aromatic rings. The van der Waals surface area contributed by atoms with E-state index in [2.05, 4.69) is 15.6 Å². The van der Waals surface area contributed by atoms with Crippen LogP contribution in [0.5, 0.6) is 11.5 Å². The van der Waals surface area contributed by atoms with Crippen LogP contribution in [0.15, 0.2) is 28.9 Å². The maximum atomic E-state index is 12.5. The summed E-state index contributed by atoms with van der Waals surface area (Å²) in [5.74, 6) is -8.04. The molecule has 2 rings (SSSR count). The summed E-state index contributed by atoms with van der Waals surface area (Å²) in [4.78, 5) is 74.6. The number of amides is 3. The van der Waals surface area contributed by atoms with Crippen LogP contribution < -0.4 is 32.2 Å². The fraction of sp³-hybridized carbons (Fsp3) is 0.400. The number of nitrogens with two attached hydrogens (primary N) is 2. The number of carbonyl (C=O) groups is 6. The van der Waals surface area contributed by atoms with Crippen molar-refractivity contribution in [3.63, 3.8) is 0 Å². The number of benzene rings is 1. The number of guanidine groups is 1. The van der Waals surface area contributed by atoms with Gasteiger partial charge in [-0.25, -0.2) is 9.59 Å². The predicted molar refractivity (Wildman–Crippen MR) is 145 cm³/mol. The minimum atomic E-state index is -2.96. The van der Waals surface area contributed by atoms with E-state index in [-0.39, 0.29) is 42.7 Å². The van der Waals surface area contributed by atoms with Crippen LogP contribution in [0.2, 0.25) is 0 Å². The van der Waals surface area contributed by atoms with Gasteiger partial charge in [-0.05, 0) is 36.6 Å². The van der Waals surface area contributed by atoms with Gasteiger partial charge < -0.3 is 57.7 Å². The molecular weight excluding hydrogens is 576 g/mol. The summed E-state index contributed by atoms with van der Waals surface area (Å²) in [5.41, 5.74) is 7.78. The zero-order chi connectivity index (χ0) is 32.3. The van der Waals surface area contributed by atoms with Gasteiger partial charge in [-0.2, -0.15) is 0 Å². The third-order valence-electron chi connectivity index (χ3n) is 5.96. The molecule has 18 heteroatoms. The second-order valence-corrected chi connectivity index (χ2v) is 9.43. The number of aromatic hydroxyl groups is 1. The molecule has 3 amide bonds. The number of carbonyl (C=O) groups excluding carboxylic acids is 3. The first kappa shape index (κ1) is 33.8. The number of nitrogens with zero attached hydrogens (tertiary/aromatic N) is 1. The molecule has 1 fully saturated rings. The highest BCUT2D eigenvalue weighted by atomic mass is 16.5. The molecule has 0 saturated carbocycles. The molecule has 3 atom stereocenters. The number of aliphatic carboxylic acids is 3. The van der Waals surface area contributed by atoms with E-state index in [1.165, 1.54) is 24.3 Å². The highest BCUT2D eigenvalue weighted by Gasteiger charge is 2.41. The summed E-state index contributed by atoms with van der Waals surface area (Å²) >= 11 is 0. The lowest BCUT2D eigenvalue weighted by atomic mass is 9.95.